The minimum Gasteiger partial charge on any atom is -0.491 e. The molecule has 1 aromatic carbocycles. The van der Waals surface area contributed by atoms with Crippen molar-refractivity contribution < 1.29 is 14.6 Å². The summed E-state index contributed by atoms with van der Waals surface area (Å²) >= 11 is 0. The molecule has 0 saturated carbocycles. The highest BCUT2D eigenvalue weighted by Crippen LogP contribution is 2.22. The van der Waals surface area contributed by atoms with E-state index in [2.05, 4.69) is 5.32 Å². The summed E-state index contributed by atoms with van der Waals surface area (Å²) < 4.78 is 5.31. The van der Waals surface area contributed by atoms with E-state index in [-0.39, 0.29) is 19.1 Å². The van der Waals surface area contributed by atoms with Crippen LogP contribution in [0.15, 0.2) is 18.2 Å². The highest BCUT2D eigenvalue weighted by molar-refractivity contribution is 5.88. The molecule has 0 aromatic heterocycles. The van der Waals surface area contributed by atoms with Crippen LogP contribution in [0.2, 0.25) is 0 Å². The summed E-state index contributed by atoms with van der Waals surface area (Å²) in [6.07, 6.45) is 0. The van der Waals surface area contributed by atoms with Crippen LogP contribution in [0.25, 0.3) is 0 Å². The third kappa shape index (κ3) is 3.59. The van der Waals surface area contributed by atoms with Crippen molar-refractivity contribution in [3.8, 4) is 5.75 Å². The molecule has 4 heteroatoms. The van der Waals surface area contributed by atoms with E-state index < -0.39 is 0 Å². The van der Waals surface area contributed by atoms with Gasteiger partial charge < -0.3 is 15.2 Å². The Labute approximate surface area is 88.9 Å². The van der Waals surface area contributed by atoms with Crippen LogP contribution in [0.3, 0.4) is 0 Å². The van der Waals surface area contributed by atoms with E-state index in [0.717, 1.165) is 5.56 Å². The molecular formula is C11H15NO3. The summed E-state index contributed by atoms with van der Waals surface area (Å²) in [6, 6.07) is 5.41. The molecule has 0 atom stereocenters. The SMILES string of the molecule is CC(=O)Nc1ccc(C)c(OCCO)c1. The average Bonchev–Trinajstić information content (AvgIpc) is 2.18. The first-order valence-electron chi connectivity index (χ1n) is 4.75. The van der Waals surface area contributed by atoms with Crippen LogP contribution in [0.4, 0.5) is 5.69 Å². The zero-order valence-corrected chi connectivity index (χ0v) is 8.91. The van der Waals surface area contributed by atoms with E-state index in [0.29, 0.717) is 11.4 Å². The number of carbonyl (C=O) groups is 1. The molecule has 0 bridgehead atoms. The van der Waals surface area contributed by atoms with Crippen molar-refractivity contribution in [1.29, 1.82) is 0 Å². The fraction of sp³-hybridized carbons (Fsp3) is 0.364. The second-order valence-corrected chi connectivity index (χ2v) is 3.23. The molecule has 4 nitrogen and oxygen atoms in total. The van der Waals surface area contributed by atoms with Gasteiger partial charge in [-0.3, -0.25) is 4.79 Å². The van der Waals surface area contributed by atoms with E-state index in [4.69, 9.17) is 9.84 Å². The van der Waals surface area contributed by atoms with E-state index in [1.807, 2.05) is 19.1 Å². The molecule has 0 spiro atoms. The Bertz CT molecular complexity index is 350. The fourth-order valence-electron chi connectivity index (χ4n) is 1.19. The minimum atomic E-state index is -0.119. The Hall–Kier alpha value is -1.55. The van der Waals surface area contributed by atoms with Gasteiger partial charge in [-0.2, -0.15) is 0 Å². The van der Waals surface area contributed by atoms with Gasteiger partial charge in [0.25, 0.3) is 0 Å². The maximum Gasteiger partial charge on any atom is 0.221 e. The lowest BCUT2D eigenvalue weighted by molar-refractivity contribution is -0.114. The molecule has 0 radical (unpaired) electrons. The second kappa shape index (κ2) is 5.36. The predicted octanol–water partition coefficient (Wildman–Crippen LogP) is 1.32. The largest absolute Gasteiger partial charge is 0.491 e. The summed E-state index contributed by atoms with van der Waals surface area (Å²) in [5.74, 6) is 0.558. The highest BCUT2D eigenvalue weighted by Gasteiger charge is 2.02. The maximum absolute atomic E-state index is 10.8. The molecule has 1 amide bonds. The minimum absolute atomic E-state index is 0.0240. The zero-order valence-electron chi connectivity index (χ0n) is 8.91. The summed E-state index contributed by atoms with van der Waals surface area (Å²) in [5.41, 5.74) is 1.67. The summed E-state index contributed by atoms with van der Waals surface area (Å²) in [6.45, 7) is 3.59. The van der Waals surface area contributed by atoms with E-state index >= 15 is 0 Å². The maximum atomic E-state index is 10.8. The van der Waals surface area contributed by atoms with Crippen molar-refractivity contribution in [2.75, 3.05) is 18.5 Å². The van der Waals surface area contributed by atoms with Crippen molar-refractivity contribution in [3.63, 3.8) is 0 Å². The molecule has 0 aliphatic rings. The number of aryl methyl sites for hydroxylation is 1. The normalized spacial score (nSPS) is 9.80. The molecular weight excluding hydrogens is 194 g/mol. The predicted molar refractivity (Wildman–Crippen MR) is 58.1 cm³/mol. The number of carbonyl (C=O) groups excluding carboxylic acids is 1. The Kier molecular flexibility index (Phi) is 4.12. The number of rotatable bonds is 4. The molecule has 1 aromatic rings. The van der Waals surface area contributed by atoms with Crippen molar-refractivity contribution in [2.24, 2.45) is 0 Å². The quantitative estimate of drug-likeness (QED) is 0.786. The van der Waals surface area contributed by atoms with Crippen LogP contribution in [0.5, 0.6) is 5.75 Å². The Morgan fingerprint density at radius 2 is 2.27 bits per heavy atom. The number of amides is 1. The van der Waals surface area contributed by atoms with Gasteiger partial charge in [-0.1, -0.05) is 6.07 Å². The molecule has 0 saturated heterocycles. The number of nitrogens with one attached hydrogen (secondary N) is 1. The van der Waals surface area contributed by atoms with Crippen LogP contribution < -0.4 is 10.1 Å². The molecule has 0 aliphatic heterocycles. The lowest BCUT2D eigenvalue weighted by atomic mass is 10.2. The number of ether oxygens (including phenoxy) is 1. The van der Waals surface area contributed by atoms with Gasteiger partial charge in [0.05, 0.1) is 6.61 Å². The summed E-state index contributed by atoms with van der Waals surface area (Å²) in [4.78, 5) is 10.8. The Morgan fingerprint density at radius 1 is 1.53 bits per heavy atom. The first-order valence-corrected chi connectivity index (χ1v) is 4.75. The van der Waals surface area contributed by atoms with Gasteiger partial charge in [-0.15, -0.1) is 0 Å². The molecule has 15 heavy (non-hydrogen) atoms. The number of benzene rings is 1. The van der Waals surface area contributed by atoms with Crippen molar-refractivity contribution in [3.05, 3.63) is 23.8 Å². The van der Waals surface area contributed by atoms with Crippen molar-refractivity contribution in [2.45, 2.75) is 13.8 Å². The average molecular weight is 209 g/mol. The summed E-state index contributed by atoms with van der Waals surface area (Å²) in [7, 11) is 0. The number of aliphatic hydroxyl groups excluding tert-OH is 1. The monoisotopic (exact) mass is 209 g/mol. The number of hydrogen-bond acceptors (Lipinski definition) is 3. The Balaban J connectivity index is 2.79. The molecule has 2 N–H and O–H groups in total. The van der Waals surface area contributed by atoms with E-state index in [1.165, 1.54) is 6.92 Å². The van der Waals surface area contributed by atoms with Gasteiger partial charge in [0.1, 0.15) is 12.4 Å². The van der Waals surface area contributed by atoms with E-state index in [1.54, 1.807) is 6.07 Å². The number of anilines is 1. The fourth-order valence-corrected chi connectivity index (χ4v) is 1.19. The molecule has 0 heterocycles. The standard InChI is InChI=1S/C11H15NO3/c1-8-3-4-10(12-9(2)14)7-11(8)15-6-5-13/h3-4,7,13H,5-6H2,1-2H3,(H,12,14). The van der Waals surface area contributed by atoms with Gasteiger partial charge in [0.15, 0.2) is 0 Å². The molecule has 1 rings (SSSR count). The van der Waals surface area contributed by atoms with Crippen LogP contribution in [-0.4, -0.2) is 24.2 Å². The molecule has 0 unspecified atom stereocenters. The zero-order chi connectivity index (χ0) is 11.3. The van der Waals surface area contributed by atoms with Gasteiger partial charge in [0.2, 0.25) is 5.91 Å². The first kappa shape index (κ1) is 11.5. The topological polar surface area (TPSA) is 58.6 Å². The highest BCUT2D eigenvalue weighted by atomic mass is 16.5. The molecule has 82 valence electrons. The smallest absolute Gasteiger partial charge is 0.221 e. The Morgan fingerprint density at radius 3 is 2.87 bits per heavy atom. The second-order valence-electron chi connectivity index (χ2n) is 3.23. The van der Waals surface area contributed by atoms with Crippen LogP contribution in [0.1, 0.15) is 12.5 Å². The van der Waals surface area contributed by atoms with Gasteiger partial charge >= 0.3 is 0 Å². The van der Waals surface area contributed by atoms with Gasteiger partial charge in [-0.05, 0) is 18.6 Å². The molecule has 0 fully saturated rings. The third-order valence-corrected chi connectivity index (χ3v) is 1.86. The number of aliphatic hydroxyl groups is 1. The molecule has 0 aliphatic carbocycles. The summed E-state index contributed by atoms with van der Waals surface area (Å²) in [5, 5.41) is 11.3. The van der Waals surface area contributed by atoms with Crippen LogP contribution >= 0.6 is 0 Å². The van der Waals surface area contributed by atoms with Crippen LogP contribution in [-0.2, 0) is 4.79 Å². The van der Waals surface area contributed by atoms with Gasteiger partial charge in [-0.25, -0.2) is 0 Å². The lowest BCUT2D eigenvalue weighted by Gasteiger charge is -2.10. The number of hydrogen-bond donors (Lipinski definition) is 2. The van der Waals surface area contributed by atoms with Crippen molar-refractivity contribution >= 4 is 11.6 Å². The first-order chi connectivity index (χ1) is 7.13. The third-order valence-electron chi connectivity index (χ3n) is 1.86. The van der Waals surface area contributed by atoms with E-state index in [9.17, 15) is 4.79 Å². The lowest BCUT2D eigenvalue weighted by Crippen LogP contribution is -2.07. The van der Waals surface area contributed by atoms with Crippen LogP contribution in [0, 0.1) is 6.92 Å². The van der Waals surface area contributed by atoms with Crippen molar-refractivity contribution in [1.82, 2.24) is 0 Å². The van der Waals surface area contributed by atoms with Gasteiger partial charge in [0, 0.05) is 18.7 Å².